The van der Waals surface area contributed by atoms with E-state index in [1.165, 1.54) is 0 Å². The SMILES string of the molecule is Cc1ccc(OCC(C)NC(=O)C(C)N(c2ccc3c(c2)OCCO3)S(C)(=O)=O)cc1. The molecule has 0 radical (unpaired) electrons. The summed E-state index contributed by atoms with van der Waals surface area (Å²) < 4.78 is 42.9. The summed E-state index contributed by atoms with van der Waals surface area (Å²) in [6.45, 7) is 6.40. The molecule has 2 atom stereocenters. The molecule has 1 N–H and O–H groups in total. The Morgan fingerprint density at radius 2 is 1.74 bits per heavy atom. The number of nitrogens with one attached hydrogen (secondary N) is 1. The molecular formula is C22H28N2O6S. The normalized spacial score (nSPS) is 15.0. The number of amides is 1. The highest BCUT2D eigenvalue weighted by molar-refractivity contribution is 7.92. The van der Waals surface area contributed by atoms with Crippen molar-refractivity contribution in [2.75, 3.05) is 30.4 Å². The second kappa shape index (κ2) is 9.47. The predicted molar refractivity (Wildman–Crippen MR) is 118 cm³/mol. The largest absolute Gasteiger partial charge is 0.491 e. The lowest BCUT2D eigenvalue weighted by atomic mass is 10.2. The molecule has 0 saturated carbocycles. The van der Waals surface area contributed by atoms with Gasteiger partial charge in [-0.2, -0.15) is 0 Å². The van der Waals surface area contributed by atoms with Gasteiger partial charge in [0.2, 0.25) is 15.9 Å². The molecule has 8 nitrogen and oxygen atoms in total. The van der Waals surface area contributed by atoms with Gasteiger partial charge in [0.1, 0.15) is 31.6 Å². The van der Waals surface area contributed by atoms with Crippen molar-refractivity contribution < 1.29 is 27.4 Å². The molecule has 1 aliphatic heterocycles. The first-order chi connectivity index (χ1) is 14.6. The van der Waals surface area contributed by atoms with Crippen LogP contribution in [0.15, 0.2) is 42.5 Å². The van der Waals surface area contributed by atoms with Crippen LogP contribution >= 0.6 is 0 Å². The van der Waals surface area contributed by atoms with Crippen molar-refractivity contribution in [1.29, 1.82) is 0 Å². The van der Waals surface area contributed by atoms with Crippen molar-refractivity contribution in [1.82, 2.24) is 5.32 Å². The zero-order valence-electron chi connectivity index (χ0n) is 18.1. The topological polar surface area (TPSA) is 94.2 Å². The average Bonchev–Trinajstić information content (AvgIpc) is 2.72. The van der Waals surface area contributed by atoms with E-state index in [1.54, 1.807) is 32.0 Å². The Labute approximate surface area is 183 Å². The van der Waals surface area contributed by atoms with E-state index >= 15 is 0 Å². The van der Waals surface area contributed by atoms with Crippen molar-refractivity contribution >= 4 is 21.6 Å². The molecule has 31 heavy (non-hydrogen) atoms. The van der Waals surface area contributed by atoms with E-state index in [0.717, 1.165) is 16.1 Å². The Morgan fingerprint density at radius 1 is 1.10 bits per heavy atom. The molecule has 2 aromatic rings. The van der Waals surface area contributed by atoms with Gasteiger partial charge in [-0.1, -0.05) is 17.7 Å². The van der Waals surface area contributed by atoms with Crippen LogP contribution in [-0.2, 0) is 14.8 Å². The molecule has 3 rings (SSSR count). The summed E-state index contributed by atoms with van der Waals surface area (Å²) in [6.07, 6.45) is 1.07. The van der Waals surface area contributed by atoms with E-state index in [2.05, 4.69) is 5.32 Å². The third-order valence-corrected chi connectivity index (χ3v) is 6.02. The Hall–Kier alpha value is -2.94. The van der Waals surface area contributed by atoms with E-state index in [4.69, 9.17) is 14.2 Å². The lowest BCUT2D eigenvalue weighted by Gasteiger charge is -2.30. The van der Waals surface area contributed by atoms with Gasteiger partial charge in [0, 0.05) is 6.07 Å². The van der Waals surface area contributed by atoms with Crippen LogP contribution in [-0.4, -0.2) is 52.5 Å². The number of fused-ring (bicyclic) bond motifs is 1. The van der Waals surface area contributed by atoms with Gasteiger partial charge in [-0.15, -0.1) is 0 Å². The molecule has 1 heterocycles. The van der Waals surface area contributed by atoms with Crippen LogP contribution in [0.5, 0.6) is 17.2 Å². The van der Waals surface area contributed by atoms with Crippen molar-refractivity contribution in [3.05, 3.63) is 48.0 Å². The van der Waals surface area contributed by atoms with E-state index in [-0.39, 0.29) is 12.6 Å². The van der Waals surface area contributed by atoms with Crippen LogP contribution in [0.4, 0.5) is 5.69 Å². The molecular weight excluding hydrogens is 420 g/mol. The van der Waals surface area contributed by atoms with Crippen molar-refractivity contribution in [3.8, 4) is 17.2 Å². The van der Waals surface area contributed by atoms with Crippen LogP contribution in [0.25, 0.3) is 0 Å². The standard InChI is InChI=1S/C22H28N2O6S/c1-15-5-8-19(9-6-15)30-14-16(2)23-22(25)17(3)24(31(4,26)27)18-7-10-20-21(13-18)29-12-11-28-20/h5-10,13,16-17H,11-12,14H2,1-4H3,(H,23,25). The number of hydrogen-bond donors (Lipinski definition) is 1. The Bertz CT molecular complexity index is 1020. The van der Waals surface area contributed by atoms with Crippen LogP contribution in [0.3, 0.4) is 0 Å². The number of rotatable bonds is 8. The Kier molecular flexibility index (Phi) is 6.94. The van der Waals surface area contributed by atoms with Gasteiger partial charge in [0.15, 0.2) is 11.5 Å². The highest BCUT2D eigenvalue weighted by atomic mass is 32.2. The highest BCUT2D eigenvalue weighted by Crippen LogP contribution is 2.35. The summed E-state index contributed by atoms with van der Waals surface area (Å²) in [5.41, 5.74) is 1.46. The number of carbonyl (C=O) groups excluding carboxylic acids is 1. The zero-order chi connectivity index (χ0) is 22.6. The van der Waals surface area contributed by atoms with Crippen LogP contribution in [0.2, 0.25) is 0 Å². The minimum Gasteiger partial charge on any atom is -0.491 e. The fraction of sp³-hybridized carbons (Fsp3) is 0.409. The van der Waals surface area contributed by atoms with Gasteiger partial charge in [0.05, 0.1) is 18.0 Å². The number of benzene rings is 2. The number of nitrogens with zero attached hydrogens (tertiary/aromatic N) is 1. The molecule has 0 aliphatic carbocycles. The van der Waals surface area contributed by atoms with Gasteiger partial charge >= 0.3 is 0 Å². The van der Waals surface area contributed by atoms with E-state index < -0.39 is 22.0 Å². The molecule has 168 valence electrons. The molecule has 0 saturated heterocycles. The van der Waals surface area contributed by atoms with Crippen LogP contribution in [0, 0.1) is 6.92 Å². The third-order valence-electron chi connectivity index (χ3n) is 4.78. The lowest BCUT2D eigenvalue weighted by molar-refractivity contribution is -0.122. The number of ether oxygens (including phenoxy) is 3. The highest BCUT2D eigenvalue weighted by Gasteiger charge is 2.30. The first kappa shape index (κ1) is 22.7. The van der Waals surface area contributed by atoms with Crippen molar-refractivity contribution in [2.45, 2.75) is 32.9 Å². The van der Waals surface area contributed by atoms with Crippen molar-refractivity contribution in [3.63, 3.8) is 0 Å². The van der Waals surface area contributed by atoms with Crippen LogP contribution < -0.4 is 23.8 Å². The minimum absolute atomic E-state index is 0.254. The second-order valence-electron chi connectivity index (χ2n) is 7.60. The summed E-state index contributed by atoms with van der Waals surface area (Å²) in [6, 6.07) is 11.1. The molecule has 2 unspecified atom stereocenters. The van der Waals surface area contributed by atoms with Gasteiger partial charge in [-0.3, -0.25) is 9.10 Å². The van der Waals surface area contributed by atoms with Gasteiger partial charge in [0.25, 0.3) is 0 Å². The molecule has 0 fully saturated rings. The molecule has 0 spiro atoms. The maximum absolute atomic E-state index is 12.8. The third kappa shape index (κ3) is 5.81. The number of carbonyl (C=O) groups is 1. The van der Waals surface area contributed by atoms with Crippen molar-refractivity contribution in [2.24, 2.45) is 0 Å². The summed E-state index contributed by atoms with van der Waals surface area (Å²) in [4.78, 5) is 12.8. The number of anilines is 1. The molecule has 1 amide bonds. The number of hydrogen-bond acceptors (Lipinski definition) is 6. The summed E-state index contributed by atoms with van der Waals surface area (Å²) in [5, 5.41) is 2.82. The number of aryl methyl sites for hydroxylation is 1. The maximum atomic E-state index is 12.8. The summed E-state index contributed by atoms with van der Waals surface area (Å²) in [7, 11) is -3.74. The Balaban J connectivity index is 1.69. The van der Waals surface area contributed by atoms with E-state index in [9.17, 15) is 13.2 Å². The maximum Gasteiger partial charge on any atom is 0.243 e. The summed E-state index contributed by atoms with van der Waals surface area (Å²) in [5.74, 6) is 1.27. The first-order valence-electron chi connectivity index (χ1n) is 10.0. The lowest BCUT2D eigenvalue weighted by Crippen LogP contribution is -2.50. The molecule has 1 aliphatic rings. The molecule has 0 bridgehead atoms. The molecule has 0 aromatic heterocycles. The van der Waals surface area contributed by atoms with Crippen LogP contribution in [0.1, 0.15) is 19.4 Å². The fourth-order valence-corrected chi connectivity index (χ4v) is 4.41. The van der Waals surface area contributed by atoms with Gasteiger partial charge in [-0.25, -0.2) is 8.42 Å². The smallest absolute Gasteiger partial charge is 0.243 e. The predicted octanol–water partition coefficient (Wildman–Crippen LogP) is 2.50. The zero-order valence-corrected chi connectivity index (χ0v) is 18.9. The van der Waals surface area contributed by atoms with E-state index in [1.807, 2.05) is 31.2 Å². The Morgan fingerprint density at radius 3 is 2.39 bits per heavy atom. The van der Waals surface area contributed by atoms with E-state index in [0.29, 0.717) is 36.1 Å². The molecule has 2 aromatic carbocycles. The minimum atomic E-state index is -3.74. The molecule has 9 heteroatoms. The average molecular weight is 449 g/mol. The first-order valence-corrected chi connectivity index (χ1v) is 11.9. The fourth-order valence-electron chi connectivity index (χ4n) is 3.24. The quantitative estimate of drug-likeness (QED) is 0.667. The summed E-state index contributed by atoms with van der Waals surface area (Å²) >= 11 is 0. The van der Waals surface area contributed by atoms with Gasteiger partial charge < -0.3 is 19.5 Å². The number of sulfonamides is 1. The second-order valence-corrected chi connectivity index (χ2v) is 9.46. The van der Waals surface area contributed by atoms with Gasteiger partial charge in [-0.05, 0) is 45.0 Å². The monoisotopic (exact) mass is 448 g/mol.